The smallest absolute Gasteiger partial charge is 0.114 e. The molecule has 1 nitrogen and oxygen atoms in total. The van der Waals surface area contributed by atoms with Gasteiger partial charge in [0.1, 0.15) is 6.17 Å². The largest absolute Gasteiger partial charge is 0.246 e. The fraction of sp³-hybridized carbons (Fsp3) is 1.00. The Morgan fingerprint density at radius 1 is 1.44 bits per heavy atom. The number of nitrogens with zero attached hydrogens (tertiary/aromatic N) is 1. The van der Waals surface area contributed by atoms with E-state index in [1.165, 1.54) is 0 Å². The van der Waals surface area contributed by atoms with Gasteiger partial charge in [0.2, 0.25) is 0 Å². The molecule has 1 saturated heterocycles. The molecular formula is C6H11FIN. The van der Waals surface area contributed by atoms with Crippen LogP contribution in [0.4, 0.5) is 4.39 Å². The lowest BCUT2D eigenvalue weighted by Crippen LogP contribution is -2.18. The Morgan fingerprint density at radius 3 is 3.00 bits per heavy atom. The van der Waals surface area contributed by atoms with Gasteiger partial charge < -0.3 is 0 Å². The van der Waals surface area contributed by atoms with Crippen LogP contribution in [0.25, 0.3) is 0 Å². The quantitative estimate of drug-likeness (QED) is 0.465. The number of hydrogen-bond acceptors (Lipinski definition) is 1. The van der Waals surface area contributed by atoms with Gasteiger partial charge in [0.05, 0.1) is 0 Å². The van der Waals surface area contributed by atoms with E-state index in [4.69, 9.17) is 0 Å². The van der Waals surface area contributed by atoms with E-state index in [-0.39, 0.29) is 0 Å². The standard InChI is InChI=1S/C6H11FIN/c7-6-3-1-2-4-9(8)5-6/h6H,1-5H2. The number of alkyl halides is 1. The molecule has 1 rings (SSSR count). The van der Waals surface area contributed by atoms with E-state index < -0.39 is 6.17 Å². The first-order valence-electron chi connectivity index (χ1n) is 3.34. The third-order valence-corrected chi connectivity index (χ3v) is 2.44. The molecule has 0 amide bonds. The minimum atomic E-state index is -0.579. The minimum absolute atomic E-state index is 0.579. The SMILES string of the molecule is FC1CCCCN(I)C1. The highest BCUT2D eigenvalue weighted by atomic mass is 127. The molecule has 1 atom stereocenters. The summed E-state index contributed by atoms with van der Waals surface area (Å²) < 4.78 is 14.7. The van der Waals surface area contributed by atoms with Crippen LogP contribution in [0.3, 0.4) is 0 Å². The molecule has 1 aliphatic heterocycles. The second-order valence-corrected chi connectivity index (χ2v) is 3.83. The highest BCUT2D eigenvalue weighted by Gasteiger charge is 2.14. The predicted octanol–water partition coefficient (Wildman–Crippen LogP) is 2.16. The van der Waals surface area contributed by atoms with Crippen molar-refractivity contribution in [2.45, 2.75) is 25.4 Å². The third kappa shape index (κ3) is 2.80. The minimum Gasteiger partial charge on any atom is -0.246 e. The van der Waals surface area contributed by atoms with Crippen molar-refractivity contribution >= 4 is 22.9 Å². The molecule has 3 heteroatoms. The van der Waals surface area contributed by atoms with Crippen molar-refractivity contribution < 1.29 is 4.39 Å². The van der Waals surface area contributed by atoms with Crippen LogP contribution in [0.1, 0.15) is 19.3 Å². The Morgan fingerprint density at radius 2 is 2.22 bits per heavy atom. The van der Waals surface area contributed by atoms with Crippen LogP contribution in [0.2, 0.25) is 0 Å². The predicted molar refractivity (Wildman–Crippen MR) is 44.3 cm³/mol. The zero-order chi connectivity index (χ0) is 6.69. The lowest BCUT2D eigenvalue weighted by molar-refractivity contribution is 0.290. The van der Waals surface area contributed by atoms with E-state index in [1.54, 1.807) is 0 Å². The van der Waals surface area contributed by atoms with Gasteiger partial charge in [-0.15, -0.1) is 0 Å². The van der Waals surface area contributed by atoms with Crippen LogP contribution in [0.15, 0.2) is 0 Å². The van der Waals surface area contributed by atoms with Crippen LogP contribution >= 0.6 is 22.9 Å². The van der Waals surface area contributed by atoms with Crippen molar-refractivity contribution in [2.75, 3.05) is 13.1 Å². The second kappa shape index (κ2) is 3.71. The maximum absolute atomic E-state index is 12.6. The van der Waals surface area contributed by atoms with Crippen molar-refractivity contribution in [1.29, 1.82) is 0 Å². The number of halogens is 2. The Bertz CT molecular complexity index is 79.1. The Hall–Kier alpha value is 0.620. The summed E-state index contributed by atoms with van der Waals surface area (Å²) in [6, 6.07) is 0. The van der Waals surface area contributed by atoms with Crippen LogP contribution < -0.4 is 0 Å². The topological polar surface area (TPSA) is 3.24 Å². The highest BCUT2D eigenvalue weighted by molar-refractivity contribution is 14.1. The van der Waals surface area contributed by atoms with Crippen molar-refractivity contribution in [3.05, 3.63) is 0 Å². The summed E-state index contributed by atoms with van der Waals surface area (Å²) in [5.74, 6) is 0. The van der Waals surface area contributed by atoms with Gasteiger partial charge in [0, 0.05) is 36.0 Å². The Balaban J connectivity index is 2.29. The van der Waals surface area contributed by atoms with Gasteiger partial charge in [-0.05, 0) is 19.3 Å². The van der Waals surface area contributed by atoms with E-state index in [1.807, 2.05) is 3.11 Å². The molecule has 0 aliphatic carbocycles. The molecule has 1 aliphatic rings. The van der Waals surface area contributed by atoms with Gasteiger partial charge in [-0.25, -0.2) is 7.50 Å². The summed E-state index contributed by atoms with van der Waals surface area (Å²) in [5.41, 5.74) is 0. The van der Waals surface area contributed by atoms with Gasteiger partial charge in [-0.1, -0.05) is 0 Å². The Kier molecular flexibility index (Phi) is 3.18. The van der Waals surface area contributed by atoms with Crippen LogP contribution in [-0.2, 0) is 0 Å². The molecule has 9 heavy (non-hydrogen) atoms. The molecule has 0 radical (unpaired) electrons. The average Bonchev–Trinajstić information content (AvgIpc) is 1.93. The number of rotatable bonds is 0. The maximum atomic E-state index is 12.6. The third-order valence-electron chi connectivity index (χ3n) is 1.56. The fourth-order valence-electron chi connectivity index (χ4n) is 1.05. The fourth-order valence-corrected chi connectivity index (χ4v) is 1.82. The monoisotopic (exact) mass is 243 g/mol. The van der Waals surface area contributed by atoms with Gasteiger partial charge in [0.15, 0.2) is 0 Å². The van der Waals surface area contributed by atoms with Crippen LogP contribution in [-0.4, -0.2) is 22.4 Å². The van der Waals surface area contributed by atoms with E-state index >= 15 is 0 Å². The molecule has 0 aromatic heterocycles. The van der Waals surface area contributed by atoms with Gasteiger partial charge >= 0.3 is 0 Å². The summed E-state index contributed by atoms with van der Waals surface area (Å²) in [4.78, 5) is 0. The van der Waals surface area contributed by atoms with Crippen LogP contribution in [0.5, 0.6) is 0 Å². The first kappa shape index (κ1) is 7.72. The summed E-state index contributed by atoms with van der Waals surface area (Å²) in [5, 5.41) is 0. The van der Waals surface area contributed by atoms with Crippen molar-refractivity contribution in [3.8, 4) is 0 Å². The molecule has 0 bridgehead atoms. The molecule has 0 aromatic carbocycles. The van der Waals surface area contributed by atoms with E-state index in [2.05, 4.69) is 22.9 Å². The van der Waals surface area contributed by atoms with Gasteiger partial charge in [-0.3, -0.25) is 0 Å². The molecule has 54 valence electrons. The molecule has 0 spiro atoms. The summed E-state index contributed by atoms with van der Waals surface area (Å²) in [6.07, 6.45) is 2.40. The zero-order valence-corrected chi connectivity index (χ0v) is 7.47. The first-order valence-corrected chi connectivity index (χ1v) is 4.30. The van der Waals surface area contributed by atoms with Crippen LogP contribution in [0, 0.1) is 0 Å². The van der Waals surface area contributed by atoms with E-state index in [9.17, 15) is 4.39 Å². The molecule has 0 aromatic rings. The second-order valence-electron chi connectivity index (χ2n) is 2.46. The van der Waals surface area contributed by atoms with Gasteiger partial charge in [-0.2, -0.15) is 0 Å². The molecule has 0 saturated carbocycles. The zero-order valence-electron chi connectivity index (χ0n) is 5.32. The van der Waals surface area contributed by atoms with Crippen molar-refractivity contribution in [3.63, 3.8) is 0 Å². The molecule has 1 fully saturated rings. The summed E-state index contributed by atoms with van der Waals surface area (Å²) in [6.45, 7) is 1.68. The maximum Gasteiger partial charge on any atom is 0.114 e. The molecule has 1 unspecified atom stereocenters. The lowest BCUT2D eigenvalue weighted by Gasteiger charge is -2.10. The summed E-state index contributed by atoms with van der Waals surface area (Å²) >= 11 is 2.19. The van der Waals surface area contributed by atoms with Crippen molar-refractivity contribution in [2.24, 2.45) is 0 Å². The summed E-state index contributed by atoms with van der Waals surface area (Å²) in [7, 11) is 0. The first-order chi connectivity index (χ1) is 4.29. The average molecular weight is 243 g/mol. The molecule has 1 heterocycles. The van der Waals surface area contributed by atoms with Gasteiger partial charge in [0.25, 0.3) is 0 Å². The Labute approximate surface area is 69.1 Å². The normalized spacial score (nSPS) is 32.0. The molecule has 0 N–H and O–H groups in total. The highest BCUT2D eigenvalue weighted by Crippen LogP contribution is 2.15. The van der Waals surface area contributed by atoms with Crippen molar-refractivity contribution in [1.82, 2.24) is 3.11 Å². The lowest BCUT2D eigenvalue weighted by atomic mass is 10.2. The van der Waals surface area contributed by atoms with E-state index in [0.29, 0.717) is 6.54 Å². The number of hydrogen-bond donors (Lipinski definition) is 0. The van der Waals surface area contributed by atoms with E-state index in [0.717, 1.165) is 25.8 Å². The molecular weight excluding hydrogens is 232 g/mol.